The average Bonchev–Trinajstić information content (AvgIpc) is 2.47. The van der Waals surface area contributed by atoms with Crippen molar-refractivity contribution in [1.29, 1.82) is 0 Å². The van der Waals surface area contributed by atoms with Gasteiger partial charge in [-0.3, -0.25) is 4.72 Å². The van der Waals surface area contributed by atoms with Gasteiger partial charge in [-0.15, -0.1) is 0 Å². The number of anilines is 1. The Kier molecular flexibility index (Phi) is 4.37. The van der Waals surface area contributed by atoms with Gasteiger partial charge in [-0.2, -0.15) is 0 Å². The summed E-state index contributed by atoms with van der Waals surface area (Å²) >= 11 is 0. The summed E-state index contributed by atoms with van der Waals surface area (Å²) in [6.45, 7) is 1.85. The zero-order chi connectivity index (χ0) is 15.5. The Labute approximate surface area is 124 Å². The molecule has 2 aromatic rings. The van der Waals surface area contributed by atoms with Crippen LogP contribution in [0.2, 0.25) is 0 Å². The summed E-state index contributed by atoms with van der Waals surface area (Å²) in [7, 11) is -0.518. The van der Waals surface area contributed by atoms with Gasteiger partial charge in [0, 0.05) is 5.69 Å². The van der Waals surface area contributed by atoms with E-state index < -0.39 is 10.0 Å². The highest BCUT2D eigenvalue weighted by atomic mass is 32.2. The maximum Gasteiger partial charge on any atom is 0.261 e. The van der Waals surface area contributed by atoms with E-state index in [1.54, 1.807) is 37.4 Å². The molecule has 2 rings (SSSR count). The Morgan fingerprint density at radius 2 is 1.62 bits per heavy atom. The van der Waals surface area contributed by atoms with Crippen LogP contribution in [0.5, 0.6) is 11.5 Å². The van der Waals surface area contributed by atoms with E-state index in [1.165, 1.54) is 19.2 Å². The molecule has 0 fully saturated rings. The number of sulfonamides is 1. The van der Waals surface area contributed by atoms with Crippen LogP contribution in [0.3, 0.4) is 0 Å². The molecule has 2 aromatic carbocycles. The van der Waals surface area contributed by atoms with E-state index in [0.717, 1.165) is 5.56 Å². The summed E-state index contributed by atoms with van der Waals surface area (Å²) in [5.74, 6) is 1.32. The molecule has 0 aliphatic rings. The molecule has 0 atom stereocenters. The van der Waals surface area contributed by atoms with Gasteiger partial charge >= 0.3 is 0 Å². The smallest absolute Gasteiger partial charge is 0.261 e. The van der Waals surface area contributed by atoms with Crippen molar-refractivity contribution in [2.45, 2.75) is 11.8 Å². The minimum atomic E-state index is -3.62. The van der Waals surface area contributed by atoms with Crippen LogP contribution in [-0.4, -0.2) is 22.6 Å². The molecule has 0 aliphatic carbocycles. The van der Waals surface area contributed by atoms with Gasteiger partial charge in [0.25, 0.3) is 10.0 Å². The topological polar surface area (TPSA) is 64.6 Å². The predicted molar refractivity (Wildman–Crippen MR) is 81.5 cm³/mol. The highest BCUT2D eigenvalue weighted by Crippen LogP contribution is 2.24. The van der Waals surface area contributed by atoms with Gasteiger partial charge in [-0.25, -0.2) is 8.42 Å². The standard InChI is InChI=1S/C15H17NO4S/c1-11-10-12(4-9-15(11)20-3)16-21(17,18)14-7-5-13(19-2)6-8-14/h4-10,16H,1-3H3. The fraction of sp³-hybridized carbons (Fsp3) is 0.200. The molecule has 0 unspecified atom stereocenters. The van der Waals surface area contributed by atoms with Crippen LogP contribution in [-0.2, 0) is 10.0 Å². The van der Waals surface area contributed by atoms with E-state index in [2.05, 4.69) is 4.72 Å². The van der Waals surface area contributed by atoms with Crippen LogP contribution >= 0.6 is 0 Å². The fourth-order valence-corrected chi connectivity index (χ4v) is 2.96. The Hall–Kier alpha value is -2.21. The summed E-state index contributed by atoms with van der Waals surface area (Å²) in [6, 6.07) is 11.3. The van der Waals surface area contributed by atoms with Crippen molar-refractivity contribution in [3.05, 3.63) is 48.0 Å². The second-order valence-corrected chi connectivity index (χ2v) is 6.15. The first-order valence-corrected chi connectivity index (χ1v) is 7.76. The van der Waals surface area contributed by atoms with Crippen LogP contribution in [0.1, 0.15) is 5.56 Å². The molecule has 0 radical (unpaired) electrons. The first kappa shape index (κ1) is 15.2. The molecular formula is C15H17NO4S. The first-order chi connectivity index (χ1) is 9.96. The SMILES string of the molecule is COc1ccc(S(=O)(=O)Nc2ccc(OC)c(C)c2)cc1. The van der Waals surface area contributed by atoms with Crippen molar-refractivity contribution in [2.75, 3.05) is 18.9 Å². The number of ether oxygens (including phenoxy) is 2. The lowest BCUT2D eigenvalue weighted by Gasteiger charge is -2.11. The van der Waals surface area contributed by atoms with E-state index in [1.807, 2.05) is 6.92 Å². The summed E-state index contributed by atoms with van der Waals surface area (Å²) in [5.41, 5.74) is 1.34. The predicted octanol–water partition coefficient (Wildman–Crippen LogP) is 2.81. The van der Waals surface area contributed by atoms with Crippen LogP contribution in [0.15, 0.2) is 47.4 Å². The molecule has 0 aromatic heterocycles. The Morgan fingerprint density at radius 1 is 0.952 bits per heavy atom. The van der Waals surface area contributed by atoms with Crippen molar-refractivity contribution in [1.82, 2.24) is 0 Å². The monoisotopic (exact) mass is 307 g/mol. The average molecular weight is 307 g/mol. The number of aryl methyl sites for hydroxylation is 1. The van der Waals surface area contributed by atoms with E-state index in [9.17, 15) is 8.42 Å². The maximum absolute atomic E-state index is 12.3. The van der Waals surface area contributed by atoms with Gasteiger partial charge < -0.3 is 9.47 Å². The van der Waals surface area contributed by atoms with E-state index in [0.29, 0.717) is 17.2 Å². The lowest BCUT2D eigenvalue weighted by molar-refractivity contribution is 0.412. The molecule has 21 heavy (non-hydrogen) atoms. The normalized spacial score (nSPS) is 11.0. The van der Waals surface area contributed by atoms with Crippen molar-refractivity contribution in [3.63, 3.8) is 0 Å². The molecular weight excluding hydrogens is 290 g/mol. The quantitative estimate of drug-likeness (QED) is 0.922. The molecule has 0 heterocycles. The molecule has 0 saturated heterocycles. The number of benzene rings is 2. The van der Waals surface area contributed by atoms with Crippen molar-refractivity contribution < 1.29 is 17.9 Å². The van der Waals surface area contributed by atoms with E-state index in [4.69, 9.17) is 9.47 Å². The molecule has 0 saturated carbocycles. The lowest BCUT2D eigenvalue weighted by atomic mass is 10.2. The summed E-state index contributed by atoms with van der Waals surface area (Å²) in [4.78, 5) is 0.178. The largest absolute Gasteiger partial charge is 0.497 e. The van der Waals surface area contributed by atoms with E-state index in [-0.39, 0.29) is 4.90 Å². The lowest BCUT2D eigenvalue weighted by Crippen LogP contribution is -2.13. The minimum Gasteiger partial charge on any atom is -0.497 e. The molecule has 0 amide bonds. The second-order valence-electron chi connectivity index (χ2n) is 4.47. The Balaban J connectivity index is 2.26. The molecule has 0 spiro atoms. The zero-order valence-electron chi connectivity index (χ0n) is 12.1. The zero-order valence-corrected chi connectivity index (χ0v) is 12.9. The number of methoxy groups -OCH3 is 2. The molecule has 1 N–H and O–H groups in total. The van der Waals surface area contributed by atoms with Gasteiger partial charge in [0.1, 0.15) is 11.5 Å². The van der Waals surface area contributed by atoms with Crippen LogP contribution in [0, 0.1) is 6.92 Å². The van der Waals surface area contributed by atoms with Gasteiger partial charge in [-0.1, -0.05) is 0 Å². The fourth-order valence-electron chi connectivity index (χ4n) is 1.91. The first-order valence-electron chi connectivity index (χ1n) is 6.28. The van der Waals surface area contributed by atoms with Crippen molar-refractivity contribution >= 4 is 15.7 Å². The molecule has 6 heteroatoms. The van der Waals surface area contributed by atoms with Crippen molar-refractivity contribution in [3.8, 4) is 11.5 Å². The number of rotatable bonds is 5. The Bertz CT molecular complexity index is 724. The minimum absolute atomic E-state index is 0.178. The third-order valence-corrected chi connectivity index (χ3v) is 4.41. The van der Waals surface area contributed by atoms with Gasteiger partial charge in [-0.05, 0) is 55.0 Å². The third kappa shape index (κ3) is 3.46. The molecule has 0 bridgehead atoms. The van der Waals surface area contributed by atoms with Crippen LogP contribution in [0.4, 0.5) is 5.69 Å². The number of hydrogen-bond acceptors (Lipinski definition) is 4. The number of hydrogen-bond donors (Lipinski definition) is 1. The maximum atomic E-state index is 12.3. The summed E-state index contributed by atoms with van der Waals surface area (Å²) < 4.78 is 37.3. The van der Waals surface area contributed by atoms with Crippen LogP contribution < -0.4 is 14.2 Å². The second kappa shape index (κ2) is 6.05. The van der Waals surface area contributed by atoms with Crippen molar-refractivity contribution in [2.24, 2.45) is 0 Å². The van der Waals surface area contributed by atoms with Gasteiger partial charge in [0.15, 0.2) is 0 Å². The summed E-state index contributed by atoms with van der Waals surface area (Å²) in [6.07, 6.45) is 0. The summed E-state index contributed by atoms with van der Waals surface area (Å²) in [5, 5.41) is 0. The molecule has 112 valence electrons. The third-order valence-electron chi connectivity index (χ3n) is 3.02. The highest BCUT2D eigenvalue weighted by molar-refractivity contribution is 7.92. The molecule has 5 nitrogen and oxygen atoms in total. The van der Waals surface area contributed by atoms with Gasteiger partial charge in [0.2, 0.25) is 0 Å². The Morgan fingerprint density at radius 3 is 2.14 bits per heavy atom. The number of nitrogens with one attached hydrogen (secondary N) is 1. The van der Waals surface area contributed by atoms with E-state index >= 15 is 0 Å². The van der Waals surface area contributed by atoms with Gasteiger partial charge in [0.05, 0.1) is 19.1 Å². The highest BCUT2D eigenvalue weighted by Gasteiger charge is 2.14. The molecule has 0 aliphatic heterocycles. The van der Waals surface area contributed by atoms with Crippen LogP contribution in [0.25, 0.3) is 0 Å².